The number of nitrogens with one attached hydrogen (secondary N) is 1. The number of carbonyl (C=O) groups is 3. The highest BCUT2D eigenvalue weighted by atomic mass is 32.2. The zero-order chi connectivity index (χ0) is 31.5. The van der Waals surface area contributed by atoms with E-state index in [0.29, 0.717) is 24.8 Å². The highest BCUT2D eigenvalue weighted by Gasteiger charge is 2.46. The van der Waals surface area contributed by atoms with E-state index in [4.69, 9.17) is 0 Å². The molecule has 1 amide bonds. The van der Waals surface area contributed by atoms with Gasteiger partial charge in [-0.15, -0.1) is 11.8 Å². The summed E-state index contributed by atoms with van der Waals surface area (Å²) in [7, 11) is -3.97. The van der Waals surface area contributed by atoms with Crippen LogP contribution in [0.2, 0.25) is 0 Å². The molecule has 1 unspecified atom stereocenters. The number of sulfonamides is 1. The predicted octanol–water partition coefficient (Wildman–Crippen LogP) is 5.03. The molecule has 11 heteroatoms. The van der Waals surface area contributed by atoms with Crippen molar-refractivity contribution in [2.45, 2.75) is 99.9 Å². The lowest BCUT2D eigenvalue weighted by Crippen LogP contribution is -2.53. The number of carbonyl (C=O) groups excluding carboxylic acids is 2. The van der Waals surface area contributed by atoms with Crippen LogP contribution in [0.25, 0.3) is 0 Å². The number of Topliss-reactive ketones (excluding diaryl/α,β-unsaturated/α-hetero) is 1. The van der Waals surface area contributed by atoms with E-state index in [1.165, 1.54) is 46.8 Å². The molecule has 0 aliphatic carbocycles. The zero-order valence-corrected chi connectivity index (χ0v) is 27.0. The van der Waals surface area contributed by atoms with Crippen LogP contribution in [-0.4, -0.2) is 71.0 Å². The van der Waals surface area contributed by atoms with Gasteiger partial charge >= 0.3 is 5.97 Å². The predicted molar refractivity (Wildman–Crippen MR) is 173 cm³/mol. The number of benzene rings is 2. The largest absolute Gasteiger partial charge is 0.480 e. The van der Waals surface area contributed by atoms with Gasteiger partial charge in [0.05, 0.1) is 10.3 Å². The third kappa shape index (κ3) is 9.25. The number of aliphatic carboxylic acids is 1. The fourth-order valence-corrected chi connectivity index (χ4v) is 9.25. The van der Waals surface area contributed by atoms with E-state index in [0.717, 1.165) is 44.2 Å². The standard InChI is InChI=1S/C33H43N3O6S2/c1-2-31-36(44(41,42)28-14-7-4-8-15-28)30(23-43-31)32(38)35-29(33(39)40)22-25-18-16-24(17-19-25)21-27(37)13-6-3-5-11-26-12-9-10-20-34-26/h4,7-8,14-19,29-31H,2-3,5-6,9-13,20-23H2,1H3,(H,35,38)(H,39,40)/t29-,30-,31?/m0/s1. The maximum atomic E-state index is 13.5. The fourth-order valence-electron chi connectivity index (χ4n) is 5.68. The van der Waals surface area contributed by atoms with E-state index in [1.54, 1.807) is 30.3 Å². The minimum absolute atomic E-state index is 0.0308. The van der Waals surface area contributed by atoms with Crippen molar-refractivity contribution in [1.29, 1.82) is 0 Å². The number of amides is 1. The summed E-state index contributed by atoms with van der Waals surface area (Å²) in [6.07, 6.45) is 8.94. The number of nitrogens with zero attached hydrogens (tertiary/aromatic N) is 2. The van der Waals surface area contributed by atoms with Crippen LogP contribution < -0.4 is 5.32 Å². The van der Waals surface area contributed by atoms with E-state index in [9.17, 15) is 27.9 Å². The normalized spacial score (nSPS) is 19.7. The summed E-state index contributed by atoms with van der Waals surface area (Å²) < 4.78 is 28.2. The van der Waals surface area contributed by atoms with Crippen LogP contribution >= 0.6 is 11.8 Å². The van der Waals surface area contributed by atoms with Gasteiger partial charge in [0, 0.05) is 37.3 Å². The molecular formula is C33H43N3O6S2. The molecule has 2 heterocycles. The summed E-state index contributed by atoms with van der Waals surface area (Å²) in [6, 6.07) is 12.9. The molecule has 0 bridgehead atoms. The van der Waals surface area contributed by atoms with Gasteiger partial charge in [0.15, 0.2) is 0 Å². The molecule has 238 valence electrons. The van der Waals surface area contributed by atoms with Crippen LogP contribution in [-0.2, 0) is 37.2 Å². The van der Waals surface area contributed by atoms with Gasteiger partial charge in [0.2, 0.25) is 15.9 Å². The molecule has 9 nitrogen and oxygen atoms in total. The Morgan fingerprint density at radius 3 is 2.41 bits per heavy atom. The quantitative estimate of drug-likeness (QED) is 0.246. The number of hydrogen-bond donors (Lipinski definition) is 2. The average molecular weight is 642 g/mol. The number of thioether (sulfide) groups is 1. The van der Waals surface area contributed by atoms with Gasteiger partial charge in [-0.05, 0) is 68.2 Å². The number of hydrogen-bond acceptors (Lipinski definition) is 7. The topological polar surface area (TPSA) is 133 Å². The van der Waals surface area contributed by atoms with Crippen molar-refractivity contribution < 1.29 is 27.9 Å². The molecule has 3 atom stereocenters. The smallest absolute Gasteiger partial charge is 0.326 e. The molecule has 2 N–H and O–H groups in total. The molecule has 2 aliphatic heterocycles. The van der Waals surface area contributed by atoms with Crippen molar-refractivity contribution in [1.82, 2.24) is 9.62 Å². The van der Waals surface area contributed by atoms with Crippen molar-refractivity contribution in [2.75, 3.05) is 12.3 Å². The summed E-state index contributed by atoms with van der Waals surface area (Å²) in [5.41, 5.74) is 2.88. The summed E-state index contributed by atoms with van der Waals surface area (Å²) in [6.45, 7) is 2.81. The van der Waals surface area contributed by atoms with E-state index in [1.807, 2.05) is 19.1 Å². The molecule has 2 aliphatic rings. The highest BCUT2D eigenvalue weighted by Crippen LogP contribution is 2.36. The lowest BCUT2D eigenvalue weighted by atomic mass is 9.99. The lowest BCUT2D eigenvalue weighted by molar-refractivity contribution is -0.142. The molecule has 0 aromatic heterocycles. The second-order valence-corrected chi connectivity index (χ2v) is 14.5. The first-order chi connectivity index (χ1) is 21.2. The Morgan fingerprint density at radius 1 is 1.02 bits per heavy atom. The highest BCUT2D eigenvalue weighted by molar-refractivity contribution is 8.01. The maximum absolute atomic E-state index is 13.5. The van der Waals surface area contributed by atoms with Crippen LogP contribution in [0, 0.1) is 0 Å². The van der Waals surface area contributed by atoms with Crippen LogP contribution in [0.1, 0.15) is 75.8 Å². The van der Waals surface area contributed by atoms with Gasteiger partial charge in [-0.25, -0.2) is 13.2 Å². The van der Waals surface area contributed by atoms with Crippen LogP contribution in [0.5, 0.6) is 0 Å². The molecule has 0 radical (unpaired) electrons. The number of unbranched alkanes of at least 4 members (excludes halogenated alkanes) is 2. The molecule has 4 rings (SSSR count). The van der Waals surface area contributed by atoms with Crippen molar-refractivity contribution in [2.24, 2.45) is 4.99 Å². The molecule has 44 heavy (non-hydrogen) atoms. The van der Waals surface area contributed by atoms with Gasteiger partial charge in [0.25, 0.3) is 0 Å². The Hall–Kier alpha value is -3.02. The zero-order valence-electron chi connectivity index (χ0n) is 25.3. The monoisotopic (exact) mass is 641 g/mol. The SMILES string of the molecule is CCC1SC[C@@H](C(=O)N[C@@H](Cc2ccc(CC(=O)CCCCCC3=NCCCC3)cc2)C(=O)O)N1S(=O)(=O)c1ccccc1. The van der Waals surface area contributed by atoms with Crippen LogP contribution in [0.4, 0.5) is 0 Å². The van der Waals surface area contributed by atoms with Crippen molar-refractivity contribution in [3.05, 3.63) is 65.7 Å². The average Bonchev–Trinajstić information content (AvgIpc) is 3.48. The summed E-state index contributed by atoms with van der Waals surface area (Å²) >= 11 is 1.37. The summed E-state index contributed by atoms with van der Waals surface area (Å²) in [4.78, 5) is 42.7. The second-order valence-electron chi connectivity index (χ2n) is 11.5. The summed E-state index contributed by atoms with van der Waals surface area (Å²) in [5, 5.41) is 12.1. The first-order valence-corrected chi connectivity index (χ1v) is 18.0. The van der Waals surface area contributed by atoms with Crippen molar-refractivity contribution >= 4 is 45.2 Å². The summed E-state index contributed by atoms with van der Waals surface area (Å²) in [5.74, 6) is -1.42. The van der Waals surface area contributed by atoms with E-state index >= 15 is 0 Å². The number of carboxylic acid groups (broad SMARTS) is 1. The molecule has 0 saturated carbocycles. The third-order valence-electron chi connectivity index (χ3n) is 8.12. The van der Waals surface area contributed by atoms with Crippen molar-refractivity contribution in [3.63, 3.8) is 0 Å². The number of ketones is 1. The molecule has 2 aromatic carbocycles. The Kier molecular flexibility index (Phi) is 12.6. The van der Waals surface area contributed by atoms with Gasteiger partial charge < -0.3 is 10.4 Å². The second kappa shape index (κ2) is 16.3. The Morgan fingerprint density at radius 2 is 1.75 bits per heavy atom. The van der Waals surface area contributed by atoms with Crippen LogP contribution in [0.15, 0.2) is 64.5 Å². The number of rotatable bonds is 16. The van der Waals surface area contributed by atoms with E-state index in [2.05, 4.69) is 10.3 Å². The van der Waals surface area contributed by atoms with Gasteiger partial charge in [-0.3, -0.25) is 14.6 Å². The van der Waals surface area contributed by atoms with Crippen molar-refractivity contribution in [3.8, 4) is 0 Å². The molecule has 2 aromatic rings. The molecule has 0 spiro atoms. The third-order valence-corrected chi connectivity index (χ3v) is 11.6. The molecular weight excluding hydrogens is 599 g/mol. The number of carboxylic acids is 1. The fraction of sp³-hybridized carbons (Fsp3) is 0.515. The maximum Gasteiger partial charge on any atom is 0.326 e. The Balaban J connectivity index is 1.29. The lowest BCUT2D eigenvalue weighted by Gasteiger charge is -2.28. The van der Waals surface area contributed by atoms with Gasteiger partial charge in [0.1, 0.15) is 17.9 Å². The van der Waals surface area contributed by atoms with E-state index < -0.39 is 39.4 Å². The van der Waals surface area contributed by atoms with Gasteiger partial charge in [-0.1, -0.05) is 55.8 Å². The molecule has 1 fully saturated rings. The molecule has 1 saturated heterocycles. The first kappa shape index (κ1) is 33.9. The van der Waals surface area contributed by atoms with Gasteiger partial charge in [-0.2, -0.15) is 4.31 Å². The Labute approximate surface area is 265 Å². The minimum atomic E-state index is -3.97. The first-order valence-electron chi connectivity index (χ1n) is 15.5. The minimum Gasteiger partial charge on any atom is -0.480 e. The van der Waals surface area contributed by atoms with E-state index in [-0.39, 0.29) is 22.9 Å². The van der Waals surface area contributed by atoms with Crippen LogP contribution in [0.3, 0.4) is 0 Å². The number of aliphatic imine (C=N–C) groups is 1. The Bertz CT molecular complexity index is 1410.